The normalized spacial score (nSPS) is 11.2. The van der Waals surface area contributed by atoms with Gasteiger partial charge in [0.1, 0.15) is 6.20 Å². The fourth-order valence-electron chi connectivity index (χ4n) is 1.25. The maximum absolute atomic E-state index is 8.56. The molecule has 3 N–H and O–H groups in total. The maximum Gasteiger partial charge on any atom is 0.125 e. The van der Waals surface area contributed by atoms with Crippen LogP contribution >= 0.6 is 0 Å². The lowest BCUT2D eigenvalue weighted by molar-refractivity contribution is -0.838. The van der Waals surface area contributed by atoms with Crippen molar-refractivity contribution < 1.29 is 10.7 Å². The summed E-state index contributed by atoms with van der Waals surface area (Å²) in [6, 6.07) is 8.31. The first-order chi connectivity index (χ1) is 7.77. The van der Waals surface area contributed by atoms with Crippen LogP contribution in [0, 0.1) is 6.92 Å². The molecule has 1 aromatic carbocycles. The minimum absolute atomic E-state index is 1.04. The molecule has 1 rings (SSSR count). The maximum atomic E-state index is 8.56. The Labute approximate surface area is 98.3 Å². The van der Waals surface area contributed by atoms with Gasteiger partial charge in [0.05, 0.1) is 0 Å². The van der Waals surface area contributed by atoms with E-state index in [4.69, 9.17) is 5.21 Å². The summed E-state index contributed by atoms with van der Waals surface area (Å²) in [5.41, 5.74) is 4.56. The number of hydroxylamine groups is 1. The van der Waals surface area contributed by atoms with Crippen molar-refractivity contribution in [2.75, 3.05) is 0 Å². The van der Waals surface area contributed by atoms with Crippen LogP contribution < -0.4 is 5.48 Å². The van der Waals surface area contributed by atoms with Gasteiger partial charge >= 0.3 is 0 Å². The zero-order valence-electron chi connectivity index (χ0n) is 10.6. The highest BCUT2D eigenvalue weighted by Gasteiger charge is 1.95. The van der Waals surface area contributed by atoms with Crippen LogP contribution in [0.4, 0.5) is 0 Å². The molecule has 0 amide bonds. The van der Waals surface area contributed by atoms with E-state index in [-0.39, 0.29) is 0 Å². The van der Waals surface area contributed by atoms with E-state index < -0.39 is 0 Å². The number of nitrogens with two attached hydrogens (primary N) is 1. The minimum atomic E-state index is 1.04. The molecule has 1 aromatic rings. The van der Waals surface area contributed by atoms with Crippen LogP contribution in [0.2, 0.25) is 0 Å². The summed E-state index contributed by atoms with van der Waals surface area (Å²) in [6.45, 7) is 8.05. The number of allylic oxidation sites excluding steroid dienone is 3. The summed E-state index contributed by atoms with van der Waals surface area (Å²) in [5, 5.41) is 8.56. The van der Waals surface area contributed by atoms with Crippen molar-refractivity contribution >= 4 is 5.57 Å². The lowest BCUT2D eigenvalue weighted by Gasteiger charge is -2.01. The van der Waals surface area contributed by atoms with Gasteiger partial charge in [-0.3, -0.25) is 0 Å². The van der Waals surface area contributed by atoms with Crippen LogP contribution in [-0.4, -0.2) is 5.21 Å². The van der Waals surface area contributed by atoms with Gasteiger partial charge in [0.15, 0.2) is 0 Å². The standard InChI is InChI=1S/C12H15NO.C2H6/c1-3-11(8-9-13-14)12-6-4-10(2)5-7-12;1-2/h3-9,13-14H,1-2H3;1-2H3/p+1/b9-8-,11-3+;. The van der Waals surface area contributed by atoms with Crippen LogP contribution in [-0.2, 0) is 0 Å². The first kappa shape index (κ1) is 14.6. The fraction of sp³-hybridized carbons (Fsp3) is 0.286. The largest absolute Gasteiger partial charge is 0.216 e. The fourth-order valence-corrected chi connectivity index (χ4v) is 1.25. The molecule has 0 aromatic heterocycles. The topological polar surface area (TPSA) is 36.8 Å². The molecule has 0 saturated carbocycles. The van der Waals surface area contributed by atoms with Gasteiger partial charge in [-0.1, -0.05) is 49.8 Å². The van der Waals surface area contributed by atoms with Crippen LogP contribution in [0.5, 0.6) is 0 Å². The Morgan fingerprint density at radius 3 is 2.19 bits per heavy atom. The Balaban J connectivity index is 0.00000106. The van der Waals surface area contributed by atoms with Crippen molar-refractivity contribution in [2.24, 2.45) is 0 Å². The van der Waals surface area contributed by atoms with E-state index in [0.29, 0.717) is 0 Å². The van der Waals surface area contributed by atoms with Gasteiger partial charge in [0, 0.05) is 6.08 Å². The summed E-state index contributed by atoms with van der Waals surface area (Å²) in [6.07, 6.45) is 5.52. The third kappa shape index (κ3) is 4.91. The Bertz CT molecular complexity index is 336. The van der Waals surface area contributed by atoms with E-state index in [1.54, 1.807) is 6.20 Å². The second-order valence-corrected chi connectivity index (χ2v) is 3.12. The summed E-state index contributed by atoms with van der Waals surface area (Å²) in [4.78, 5) is 0. The quantitative estimate of drug-likeness (QED) is 0.596. The summed E-state index contributed by atoms with van der Waals surface area (Å²) < 4.78 is 0. The van der Waals surface area contributed by atoms with Crippen LogP contribution in [0.3, 0.4) is 0 Å². The molecule has 0 heterocycles. The van der Waals surface area contributed by atoms with Crippen molar-refractivity contribution in [3.05, 3.63) is 53.7 Å². The first-order valence-electron chi connectivity index (χ1n) is 5.65. The van der Waals surface area contributed by atoms with Gasteiger partial charge in [-0.15, -0.1) is 0 Å². The molecule has 0 radical (unpaired) electrons. The molecule has 0 spiro atoms. The highest BCUT2D eigenvalue weighted by molar-refractivity contribution is 5.73. The molecular weight excluding hydrogens is 198 g/mol. The summed E-state index contributed by atoms with van der Waals surface area (Å²) in [7, 11) is 0. The van der Waals surface area contributed by atoms with E-state index in [1.165, 1.54) is 5.56 Å². The average molecular weight is 220 g/mol. The number of hydrogen-bond donors (Lipinski definition) is 2. The molecule has 0 aliphatic carbocycles. The van der Waals surface area contributed by atoms with Crippen molar-refractivity contribution in [1.82, 2.24) is 0 Å². The zero-order valence-corrected chi connectivity index (χ0v) is 10.6. The first-order valence-corrected chi connectivity index (χ1v) is 5.65. The Morgan fingerprint density at radius 1 is 1.19 bits per heavy atom. The van der Waals surface area contributed by atoms with Crippen molar-refractivity contribution in [3.63, 3.8) is 0 Å². The molecule has 0 aliphatic heterocycles. The van der Waals surface area contributed by atoms with E-state index in [9.17, 15) is 0 Å². The molecular formula is C14H22NO+. The third-order valence-electron chi connectivity index (χ3n) is 2.06. The molecule has 0 bridgehead atoms. The van der Waals surface area contributed by atoms with Gasteiger partial charge in [0.25, 0.3) is 0 Å². The molecule has 0 fully saturated rings. The Kier molecular flexibility index (Phi) is 8.12. The van der Waals surface area contributed by atoms with Crippen molar-refractivity contribution in [2.45, 2.75) is 27.7 Å². The average Bonchev–Trinajstić information content (AvgIpc) is 2.35. The van der Waals surface area contributed by atoms with E-state index >= 15 is 0 Å². The number of quaternary nitrogens is 1. The highest BCUT2D eigenvalue weighted by atomic mass is 16.5. The lowest BCUT2D eigenvalue weighted by Crippen LogP contribution is -2.73. The predicted octanol–water partition coefficient (Wildman–Crippen LogP) is 2.89. The predicted molar refractivity (Wildman–Crippen MR) is 69.0 cm³/mol. The van der Waals surface area contributed by atoms with Crippen LogP contribution in [0.1, 0.15) is 31.9 Å². The number of aryl methyl sites for hydroxylation is 1. The van der Waals surface area contributed by atoms with E-state index in [2.05, 4.69) is 31.2 Å². The Morgan fingerprint density at radius 2 is 1.75 bits per heavy atom. The number of rotatable bonds is 3. The van der Waals surface area contributed by atoms with Crippen LogP contribution in [0.15, 0.2) is 42.6 Å². The molecule has 0 atom stereocenters. The molecule has 16 heavy (non-hydrogen) atoms. The number of hydrogen-bond acceptors (Lipinski definition) is 1. The molecule has 88 valence electrons. The van der Waals surface area contributed by atoms with E-state index in [1.807, 2.05) is 32.9 Å². The van der Waals surface area contributed by atoms with Crippen LogP contribution in [0.25, 0.3) is 5.57 Å². The summed E-state index contributed by atoms with van der Waals surface area (Å²) in [5.74, 6) is 0. The van der Waals surface area contributed by atoms with Gasteiger partial charge in [0.2, 0.25) is 0 Å². The SMILES string of the molecule is C/C=C(\C=C/[NH2+]O)c1ccc(C)cc1.CC. The van der Waals surface area contributed by atoms with Gasteiger partial charge in [-0.2, -0.15) is 5.48 Å². The van der Waals surface area contributed by atoms with Gasteiger partial charge in [-0.05, 0) is 25.0 Å². The molecule has 0 aliphatic rings. The lowest BCUT2D eigenvalue weighted by atomic mass is 10.0. The minimum Gasteiger partial charge on any atom is -0.216 e. The molecule has 0 unspecified atom stereocenters. The summed E-state index contributed by atoms with van der Waals surface area (Å²) >= 11 is 0. The zero-order chi connectivity index (χ0) is 12.4. The second kappa shape index (κ2) is 8.89. The van der Waals surface area contributed by atoms with E-state index in [0.717, 1.165) is 16.6 Å². The molecule has 2 nitrogen and oxygen atoms in total. The smallest absolute Gasteiger partial charge is 0.125 e. The monoisotopic (exact) mass is 220 g/mol. The Hall–Kier alpha value is -1.38. The third-order valence-corrected chi connectivity index (χ3v) is 2.06. The van der Waals surface area contributed by atoms with Gasteiger partial charge in [-0.25, -0.2) is 5.21 Å². The highest BCUT2D eigenvalue weighted by Crippen LogP contribution is 2.15. The van der Waals surface area contributed by atoms with Crippen molar-refractivity contribution in [1.29, 1.82) is 0 Å². The molecule has 0 saturated heterocycles. The second-order valence-electron chi connectivity index (χ2n) is 3.12. The van der Waals surface area contributed by atoms with Crippen molar-refractivity contribution in [3.8, 4) is 0 Å². The van der Waals surface area contributed by atoms with Gasteiger partial charge < -0.3 is 0 Å². The molecule has 2 heteroatoms. The number of benzene rings is 1.